The molecule has 2 nitrogen and oxygen atoms in total. The molecule has 1 aromatic rings. The number of hydrogen-bond acceptors (Lipinski definition) is 2. The van der Waals surface area contributed by atoms with E-state index in [0.29, 0.717) is 24.3 Å². The Morgan fingerprint density at radius 3 is 2.80 bits per heavy atom. The van der Waals surface area contributed by atoms with E-state index in [-0.39, 0.29) is 0 Å². The lowest BCUT2D eigenvalue weighted by molar-refractivity contribution is 0.176. The van der Waals surface area contributed by atoms with Gasteiger partial charge in [-0.15, -0.1) is 0 Å². The van der Waals surface area contributed by atoms with Crippen LogP contribution in [0.4, 0.5) is 4.39 Å². The predicted octanol–water partition coefficient (Wildman–Crippen LogP) is 2.49. The number of ether oxygens (including phenoxy) is 1. The van der Waals surface area contributed by atoms with Gasteiger partial charge in [0, 0.05) is 0 Å². The Morgan fingerprint density at radius 1 is 1.47 bits per heavy atom. The second-order valence-corrected chi connectivity index (χ2v) is 3.78. The molecule has 0 aliphatic carbocycles. The summed E-state index contributed by atoms with van der Waals surface area (Å²) in [6.45, 7) is 2.25. The van der Waals surface area contributed by atoms with Crippen LogP contribution < -0.4 is 10.1 Å². The van der Waals surface area contributed by atoms with Crippen molar-refractivity contribution < 1.29 is 9.13 Å². The molecule has 0 aliphatic heterocycles. The van der Waals surface area contributed by atoms with Crippen LogP contribution in [0, 0.1) is 0 Å². The molecule has 1 rings (SSSR count). The van der Waals surface area contributed by atoms with E-state index in [4.69, 9.17) is 4.74 Å². The smallest absolute Gasteiger partial charge is 0.134 e. The minimum absolute atomic E-state index is 0.455. The van der Waals surface area contributed by atoms with Crippen molar-refractivity contribution in [1.29, 1.82) is 0 Å². The van der Waals surface area contributed by atoms with Crippen molar-refractivity contribution in [3.63, 3.8) is 0 Å². The van der Waals surface area contributed by atoms with Gasteiger partial charge < -0.3 is 10.1 Å². The summed E-state index contributed by atoms with van der Waals surface area (Å²) < 4.78 is 19.3. The largest absolute Gasteiger partial charge is 0.497 e. The van der Waals surface area contributed by atoms with Crippen molar-refractivity contribution in [3.05, 3.63) is 29.8 Å². The van der Waals surface area contributed by atoms with Crippen molar-refractivity contribution in [2.24, 2.45) is 0 Å². The quantitative estimate of drug-likeness (QED) is 0.808. The van der Waals surface area contributed by atoms with Gasteiger partial charge in [-0.05, 0) is 44.6 Å². The minimum Gasteiger partial charge on any atom is -0.497 e. The van der Waals surface area contributed by atoms with Crippen molar-refractivity contribution in [1.82, 2.24) is 5.32 Å². The molecule has 1 N–H and O–H groups in total. The van der Waals surface area contributed by atoms with Gasteiger partial charge in [0.25, 0.3) is 0 Å². The van der Waals surface area contributed by atoms with Gasteiger partial charge in [-0.3, -0.25) is 0 Å². The molecule has 0 bridgehead atoms. The number of benzene rings is 1. The average molecular weight is 211 g/mol. The lowest BCUT2D eigenvalue weighted by atomic mass is 9.94. The van der Waals surface area contributed by atoms with Crippen LogP contribution in [0.5, 0.6) is 5.75 Å². The highest BCUT2D eigenvalue weighted by atomic mass is 19.1. The third-order valence-electron chi connectivity index (χ3n) is 2.52. The van der Waals surface area contributed by atoms with Gasteiger partial charge >= 0.3 is 0 Å². The highest BCUT2D eigenvalue weighted by Gasteiger charge is 2.25. The summed E-state index contributed by atoms with van der Waals surface area (Å²) >= 11 is 0. The fourth-order valence-corrected chi connectivity index (χ4v) is 1.45. The highest BCUT2D eigenvalue weighted by Crippen LogP contribution is 2.30. The molecule has 0 aliphatic rings. The first kappa shape index (κ1) is 12.0. The number of nitrogens with one attached hydrogen (secondary N) is 1. The summed E-state index contributed by atoms with van der Waals surface area (Å²) in [5.74, 6) is 0.695. The summed E-state index contributed by atoms with van der Waals surface area (Å²) in [6, 6.07) is 7.16. The zero-order valence-electron chi connectivity index (χ0n) is 9.51. The van der Waals surface area contributed by atoms with E-state index < -0.39 is 5.67 Å². The SMILES string of the molecule is CNCCC(C)(F)c1cccc(OC)c1. The van der Waals surface area contributed by atoms with Crippen LogP contribution in [0.3, 0.4) is 0 Å². The van der Waals surface area contributed by atoms with E-state index in [9.17, 15) is 4.39 Å². The fraction of sp³-hybridized carbons (Fsp3) is 0.500. The first-order valence-corrected chi connectivity index (χ1v) is 5.08. The number of rotatable bonds is 5. The summed E-state index contributed by atoms with van der Waals surface area (Å²) in [7, 11) is 3.41. The molecule has 1 atom stereocenters. The zero-order valence-corrected chi connectivity index (χ0v) is 9.51. The standard InChI is InChI=1S/C12H18FNO/c1-12(13,7-8-14-2)10-5-4-6-11(9-10)15-3/h4-6,9,14H,7-8H2,1-3H3. The molecule has 0 spiro atoms. The lowest BCUT2D eigenvalue weighted by Gasteiger charge is -2.21. The maximum absolute atomic E-state index is 14.2. The first-order chi connectivity index (χ1) is 7.10. The van der Waals surface area contributed by atoms with E-state index in [1.165, 1.54) is 0 Å². The Morgan fingerprint density at radius 2 is 2.20 bits per heavy atom. The molecule has 0 fully saturated rings. The van der Waals surface area contributed by atoms with Gasteiger partial charge in [0.1, 0.15) is 11.4 Å². The summed E-state index contributed by atoms with van der Waals surface area (Å²) in [5.41, 5.74) is -0.644. The van der Waals surface area contributed by atoms with Gasteiger partial charge in [0.05, 0.1) is 7.11 Å². The number of halogens is 1. The molecular formula is C12H18FNO. The average Bonchev–Trinajstić information content (AvgIpc) is 2.26. The molecule has 0 heterocycles. The second-order valence-electron chi connectivity index (χ2n) is 3.78. The molecule has 0 amide bonds. The van der Waals surface area contributed by atoms with E-state index in [2.05, 4.69) is 5.32 Å². The van der Waals surface area contributed by atoms with Crippen molar-refractivity contribution in [2.75, 3.05) is 20.7 Å². The Hall–Kier alpha value is -1.09. The summed E-state index contributed by atoms with van der Waals surface area (Å²) in [4.78, 5) is 0. The van der Waals surface area contributed by atoms with Crippen molar-refractivity contribution in [3.8, 4) is 5.75 Å². The molecule has 0 radical (unpaired) electrons. The van der Waals surface area contributed by atoms with Crippen LogP contribution in [-0.2, 0) is 5.67 Å². The third-order valence-corrected chi connectivity index (χ3v) is 2.52. The highest BCUT2D eigenvalue weighted by molar-refractivity contribution is 5.32. The van der Waals surface area contributed by atoms with E-state index in [0.717, 1.165) is 0 Å². The maximum atomic E-state index is 14.2. The number of methoxy groups -OCH3 is 1. The van der Waals surface area contributed by atoms with Gasteiger partial charge in [-0.25, -0.2) is 4.39 Å². The van der Waals surface area contributed by atoms with Gasteiger partial charge in [-0.2, -0.15) is 0 Å². The van der Waals surface area contributed by atoms with Crippen LogP contribution in [0.1, 0.15) is 18.9 Å². The summed E-state index contributed by atoms with van der Waals surface area (Å²) in [6.07, 6.45) is 0.455. The van der Waals surface area contributed by atoms with E-state index in [1.807, 2.05) is 19.2 Å². The Kier molecular flexibility index (Phi) is 4.09. The molecule has 0 aromatic heterocycles. The molecule has 0 saturated heterocycles. The topological polar surface area (TPSA) is 21.3 Å². The Balaban J connectivity index is 2.83. The van der Waals surface area contributed by atoms with Crippen LogP contribution in [-0.4, -0.2) is 20.7 Å². The van der Waals surface area contributed by atoms with Gasteiger partial charge in [0.2, 0.25) is 0 Å². The summed E-state index contributed by atoms with van der Waals surface area (Å²) in [5, 5.41) is 2.95. The first-order valence-electron chi connectivity index (χ1n) is 5.08. The van der Waals surface area contributed by atoms with E-state index >= 15 is 0 Å². The minimum atomic E-state index is -1.31. The van der Waals surface area contributed by atoms with Gasteiger partial charge in [-0.1, -0.05) is 12.1 Å². The normalized spacial score (nSPS) is 14.7. The number of alkyl halides is 1. The molecule has 3 heteroatoms. The second kappa shape index (κ2) is 5.12. The third kappa shape index (κ3) is 3.20. The molecular weight excluding hydrogens is 193 g/mol. The van der Waals surface area contributed by atoms with Gasteiger partial charge in [0.15, 0.2) is 0 Å². The monoisotopic (exact) mass is 211 g/mol. The lowest BCUT2D eigenvalue weighted by Crippen LogP contribution is -2.22. The molecule has 84 valence electrons. The van der Waals surface area contributed by atoms with Crippen molar-refractivity contribution >= 4 is 0 Å². The predicted molar refractivity (Wildman–Crippen MR) is 60.0 cm³/mol. The number of hydrogen-bond donors (Lipinski definition) is 1. The van der Waals surface area contributed by atoms with Crippen LogP contribution >= 0.6 is 0 Å². The van der Waals surface area contributed by atoms with Crippen LogP contribution in [0.25, 0.3) is 0 Å². The molecule has 15 heavy (non-hydrogen) atoms. The van der Waals surface area contributed by atoms with Crippen molar-refractivity contribution in [2.45, 2.75) is 19.0 Å². The zero-order chi connectivity index (χ0) is 11.3. The van der Waals surface area contributed by atoms with E-state index in [1.54, 1.807) is 26.2 Å². The fourth-order valence-electron chi connectivity index (χ4n) is 1.45. The van der Waals surface area contributed by atoms with Crippen LogP contribution in [0.15, 0.2) is 24.3 Å². The Labute approximate surface area is 90.4 Å². The molecule has 0 saturated carbocycles. The van der Waals surface area contributed by atoms with Crippen LogP contribution in [0.2, 0.25) is 0 Å². The molecule has 1 unspecified atom stereocenters. The maximum Gasteiger partial charge on any atom is 0.134 e. The Bertz CT molecular complexity index is 312. The molecule has 1 aromatic carbocycles.